The Morgan fingerprint density at radius 3 is 2.80 bits per heavy atom. The van der Waals surface area contributed by atoms with Crippen LogP contribution in [0.25, 0.3) is 5.69 Å². The molecule has 6 heteroatoms. The number of aromatic nitrogens is 2. The second-order valence-corrected chi connectivity index (χ2v) is 4.85. The van der Waals surface area contributed by atoms with E-state index >= 15 is 0 Å². The number of halogens is 1. The minimum absolute atomic E-state index is 0.106. The molecule has 0 aliphatic carbocycles. The van der Waals surface area contributed by atoms with Gasteiger partial charge in [-0.15, -0.1) is 0 Å². The van der Waals surface area contributed by atoms with Gasteiger partial charge in [0.05, 0.1) is 5.69 Å². The molecule has 0 saturated carbocycles. The molecule has 0 amide bonds. The van der Waals surface area contributed by atoms with Gasteiger partial charge in [-0.1, -0.05) is 24.6 Å². The molecule has 0 aliphatic heterocycles. The lowest BCUT2D eigenvalue weighted by atomic mass is 10.2. The SMILES string of the molecule is CCNCc1nn(-c2ccc(C)c(Cl)c2)c(=O)cc1O. The number of nitrogens with one attached hydrogen (secondary N) is 1. The van der Waals surface area contributed by atoms with Gasteiger partial charge < -0.3 is 10.4 Å². The van der Waals surface area contributed by atoms with Crippen LogP contribution in [0.15, 0.2) is 29.1 Å². The minimum Gasteiger partial charge on any atom is -0.506 e. The van der Waals surface area contributed by atoms with Crippen molar-refractivity contribution in [2.75, 3.05) is 6.54 Å². The fourth-order valence-electron chi connectivity index (χ4n) is 1.75. The van der Waals surface area contributed by atoms with Gasteiger partial charge in [0.2, 0.25) is 0 Å². The van der Waals surface area contributed by atoms with Gasteiger partial charge in [0.15, 0.2) is 0 Å². The van der Waals surface area contributed by atoms with Crippen LogP contribution in [0.5, 0.6) is 5.75 Å². The normalized spacial score (nSPS) is 10.8. The number of aromatic hydroxyl groups is 1. The molecule has 0 saturated heterocycles. The van der Waals surface area contributed by atoms with Gasteiger partial charge in [-0.05, 0) is 31.2 Å². The summed E-state index contributed by atoms with van der Waals surface area (Å²) in [6.07, 6.45) is 0. The summed E-state index contributed by atoms with van der Waals surface area (Å²) < 4.78 is 1.23. The fraction of sp³-hybridized carbons (Fsp3) is 0.286. The summed E-state index contributed by atoms with van der Waals surface area (Å²) in [4.78, 5) is 11.9. The van der Waals surface area contributed by atoms with E-state index in [9.17, 15) is 9.90 Å². The molecule has 0 aliphatic rings. The molecule has 0 fully saturated rings. The number of rotatable bonds is 4. The molecule has 0 bridgehead atoms. The third-order valence-corrected chi connectivity index (χ3v) is 3.33. The van der Waals surface area contributed by atoms with Crippen LogP contribution in [0.3, 0.4) is 0 Å². The molecular weight excluding hydrogens is 278 g/mol. The van der Waals surface area contributed by atoms with Crippen LogP contribution in [0.2, 0.25) is 5.02 Å². The Kier molecular flexibility index (Phi) is 4.42. The molecule has 20 heavy (non-hydrogen) atoms. The van der Waals surface area contributed by atoms with Gasteiger partial charge in [-0.25, -0.2) is 0 Å². The van der Waals surface area contributed by atoms with E-state index in [1.54, 1.807) is 12.1 Å². The summed E-state index contributed by atoms with van der Waals surface area (Å²) in [5.74, 6) is -0.106. The standard InChI is InChI=1S/C14H16ClN3O2/c1-3-16-8-12-13(19)7-14(20)18(17-12)10-5-4-9(2)11(15)6-10/h4-7,16,19H,3,8H2,1-2H3. The quantitative estimate of drug-likeness (QED) is 0.905. The highest BCUT2D eigenvalue weighted by molar-refractivity contribution is 6.31. The first-order valence-corrected chi connectivity index (χ1v) is 6.70. The van der Waals surface area contributed by atoms with Crippen molar-refractivity contribution >= 4 is 11.6 Å². The lowest BCUT2D eigenvalue weighted by molar-refractivity contribution is 0.452. The fourth-order valence-corrected chi connectivity index (χ4v) is 1.93. The summed E-state index contributed by atoms with van der Waals surface area (Å²) in [5.41, 5.74) is 1.52. The number of hydrogen-bond donors (Lipinski definition) is 2. The van der Waals surface area contributed by atoms with Crippen LogP contribution in [0.4, 0.5) is 0 Å². The van der Waals surface area contributed by atoms with Gasteiger partial charge >= 0.3 is 0 Å². The minimum atomic E-state index is -0.400. The zero-order valence-corrected chi connectivity index (χ0v) is 12.1. The summed E-state index contributed by atoms with van der Waals surface area (Å²) in [6.45, 7) is 4.97. The van der Waals surface area contributed by atoms with E-state index in [1.807, 2.05) is 19.9 Å². The zero-order chi connectivity index (χ0) is 14.7. The topological polar surface area (TPSA) is 67.2 Å². The monoisotopic (exact) mass is 293 g/mol. The molecule has 2 N–H and O–H groups in total. The van der Waals surface area contributed by atoms with Crippen LogP contribution >= 0.6 is 11.6 Å². The van der Waals surface area contributed by atoms with Crippen LogP contribution in [0.1, 0.15) is 18.2 Å². The Morgan fingerprint density at radius 2 is 2.15 bits per heavy atom. The van der Waals surface area contributed by atoms with E-state index in [-0.39, 0.29) is 5.75 Å². The van der Waals surface area contributed by atoms with E-state index in [0.717, 1.165) is 18.2 Å². The molecule has 2 rings (SSSR count). The lowest BCUT2D eigenvalue weighted by Gasteiger charge is -2.10. The second kappa shape index (κ2) is 6.07. The predicted octanol–water partition coefficient (Wildman–Crippen LogP) is 2.01. The molecule has 2 aromatic rings. The zero-order valence-electron chi connectivity index (χ0n) is 11.4. The Morgan fingerprint density at radius 1 is 1.40 bits per heavy atom. The van der Waals surface area contributed by atoms with Crippen molar-refractivity contribution < 1.29 is 5.11 Å². The highest BCUT2D eigenvalue weighted by Gasteiger charge is 2.10. The summed E-state index contributed by atoms with van der Waals surface area (Å²) in [7, 11) is 0. The van der Waals surface area contributed by atoms with E-state index in [2.05, 4.69) is 10.4 Å². The van der Waals surface area contributed by atoms with Crippen molar-refractivity contribution in [3.05, 3.63) is 50.9 Å². The van der Waals surface area contributed by atoms with E-state index in [1.165, 1.54) is 4.68 Å². The van der Waals surface area contributed by atoms with Crippen molar-refractivity contribution in [1.82, 2.24) is 15.1 Å². The van der Waals surface area contributed by atoms with Crippen molar-refractivity contribution in [2.24, 2.45) is 0 Å². The number of hydrogen-bond acceptors (Lipinski definition) is 4. The maximum absolute atomic E-state index is 11.9. The van der Waals surface area contributed by atoms with Gasteiger partial charge in [-0.2, -0.15) is 9.78 Å². The first-order valence-electron chi connectivity index (χ1n) is 6.32. The van der Waals surface area contributed by atoms with E-state index in [0.29, 0.717) is 22.9 Å². The van der Waals surface area contributed by atoms with Gasteiger partial charge in [0.1, 0.15) is 11.4 Å². The molecule has 5 nitrogen and oxygen atoms in total. The summed E-state index contributed by atoms with van der Waals surface area (Å²) in [6, 6.07) is 6.43. The first-order chi connectivity index (χ1) is 9.52. The Labute approximate surface area is 121 Å². The summed E-state index contributed by atoms with van der Waals surface area (Å²) >= 11 is 6.07. The average molecular weight is 294 g/mol. The van der Waals surface area contributed by atoms with Crippen molar-refractivity contribution in [2.45, 2.75) is 20.4 Å². The highest BCUT2D eigenvalue weighted by Crippen LogP contribution is 2.19. The first kappa shape index (κ1) is 14.6. The molecule has 106 valence electrons. The van der Waals surface area contributed by atoms with Crippen LogP contribution in [-0.2, 0) is 6.54 Å². The molecular formula is C14H16ClN3O2. The number of nitrogens with zero attached hydrogens (tertiary/aromatic N) is 2. The third-order valence-electron chi connectivity index (χ3n) is 2.93. The molecule has 0 spiro atoms. The van der Waals surface area contributed by atoms with Crippen molar-refractivity contribution in [3.8, 4) is 11.4 Å². The maximum Gasteiger partial charge on any atom is 0.275 e. The second-order valence-electron chi connectivity index (χ2n) is 4.44. The molecule has 1 aromatic heterocycles. The van der Waals surface area contributed by atoms with Crippen molar-refractivity contribution in [1.29, 1.82) is 0 Å². The van der Waals surface area contributed by atoms with Gasteiger partial charge in [0, 0.05) is 17.6 Å². The Hall–Kier alpha value is -1.85. The van der Waals surface area contributed by atoms with Crippen LogP contribution in [0, 0.1) is 6.92 Å². The highest BCUT2D eigenvalue weighted by atomic mass is 35.5. The molecule has 1 heterocycles. The maximum atomic E-state index is 11.9. The van der Waals surface area contributed by atoms with Crippen LogP contribution in [-0.4, -0.2) is 21.4 Å². The van der Waals surface area contributed by atoms with Gasteiger partial charge in [0.25, 0.3) is 5.56 Å². The van der Waals surface area contributed by atoms with Gasteiger partial charge in [-0.3, -0.25) is 4.79 Å². The Balaban J connectivity index is 2.50. The van der Waals surface area contributed by atoms with Crippen molar-refractivity contribution in [3.63, 3.8) is 0 Å². The molecule has 0 unspecified atom stereocenters. The predicted molar refractivity (Wildman–Crippen MR) is 78.6 cm³/mol. The smallest absolute Gasteiger partial charge is 0.275 e. The molecule has 0 radical (unpaired) electrons. The molecule has 0 atom stereocenters. The lowest BCUT2D eigenvalue weighted by Crippen LogP contribution is -2.24. The number of benzene rings is 1. The third kappa shape index (κ3) is 3.00. The van der Waals surface area contributed by atoms with E-state index < -0.39 is 5.56 Å². The van der Waals surface area contributed by atoms with Crippen LogP contribution < -0.4 is 10.9 Å². The molecule has 1 aromatic carbocycles. The average Bonchev–Trinajstić information content (AvgIpc) is 2.41. The van der Waals surface area contributed by atoms with E-state index in [4.69, 9.17) is 11.6 Å². The Bertz CT molecular complexity index is 683. The largest absolute Gasteiger partial charge is 0.506 e. The summed E-state index contributed by atoms with van der Waals surface area (Å²) in [5, 5.41) is 17.6. The number of aryl methyl sites for hydroxylation is 1.